The third-order valence-corrected chi connectivity index (χ3v) is 4.36. The van der Waals surface area contributed by atoms with Crippen LogP contribution < -0.4 is 5.32 Å². The van der Waals surface area contributed by atoms with E-state index >= 15 is 0 Å². The first-order chi connectivity index (χ1) is 8.17. The van der Waals surface area contributed by atoms with Gasteiger partial charge < -0.3 is 5.32 Å². The maximum atomic E-state index is 12.0. The standard InChI is InChI=1S/C15H29NO/c1-4-13(5-2)10-15(17)9-12(3)14-7-6-8-16-11-14/h12-14,16H,4-11H2,1-3H3. The molecule has 2 heteroatoms. The first kappa shape index (κ1) is 14.7. The van der Waals surface area contributed by atoms with Gasteiger partial charge in [0.15, 0.2) is 0 Å². The zero-order valence-corrected chi connectivity index (χ0v) is 11.8. The predicted octanol–water partition coefficient (Wildman–Crippen LogP) is 3.41. The van der Waals surface area contributed by atoms with Gasteiger partial charge in [0.2, 0.25) is 0 Å². The molecule has 1 saturated heterocycles. The van der Waals surface area contributed by atoms with E-state index in [1.807, 2.05) is 0 Å². The first-order valence-corrected chi connectivity index (χ1v) is 7.39. The van der Waals surface area contributed by atoms with Crippen molar-refractivity contribution in [1.29, 1.82) is 0 Å². The van der Waals surface area contributed by atoms with E-state index in [0.717, 1.165) is 44.7 Å². The topological polar surface area (TPSA) is 29.1 Å². The molecule has 1 aliphatic rings. The third-order valence-electron chi connectivity index (χ3n) is 4.36. The molecule has 1 aliphatic heterocycles. The summed E-state index contributed by atoms with van der Waals surface area (Å²) < 4.78 is 0. The van der Waals surface area contributed by atoms with Crippen LogP contribution >= 0.6 is 0 Å². The van der Waals surface area contributed by atoms with Crippen molar-refractivity contribution in [3.63, 3.8) is 0 Å². The Bertz CT molecular complexity index is 217. The predicted molar refractivity (Wildman–Crippen MR) is 73.1 cm³/mol. The SMILES string of the molecule is CCC(CC)CC(=O)CC(C)C1CCCNC1. The van der Waals surface area contributed by atoms with Gasteiger partial charge in [-0.1, -0.05) is 33.6 Å². The monoisotopic (exact) mass is 239 g/mol. The molecule has 1 N–H and O–H groups in total. The lowest BCUT2D eigenvalue weighted by Crippen LogP contribution is -2.34. The van der Waals surface area contributed by atoms with Crippen LogP contribution in [-0.4, -0.2) is 18.9 Å². The summed E-state index contributed by atoms with van der Waals surface area (Å²) in [5.41, 5.74) is 0. The molecule has 0 aromatic heterocycles. The Balaban J connectivity index is 2.29. The number of rotatable bonds is 7. The molecular weight excluding hydrogens is 210 g/mol. The lowest BCUT2D eigenvalue weighted by Gasteiger charge is -2.28. The molecule has 1 heterocycles. The Morgan fingerprint density at radius 1 is 1.29 bits per heavy atom. The number of carbonyl (C=O) groups is 1. The molecule has 0 radical (unpaired) electrons. The van der Waals surface area contributed by atoms with Gasteiger partial charge in [-0.05, 0) is 43.7 Å². The molecule has 0 aromatic rings. The number of Topliss-reactive ketones (excluding diaryl/α,β-unsaturated/α-hetero) is 1. The normalized spacial score (nSPS) is 22.7. The van der Waals surface area contributed by atoms with Gasteiger partial charge >= 0.3 is 0 Å². The maximum Gasteiger partial charge on any atom is 0.133 e. The second-order valence-electron chi connectivity index (χ2n) is 5.71. The van der Waals surface area contributed by atoms with Gasteiger partial charge in [0, 0.05) is 12.8 Å². The molecular formula is C15H29NO. The lowest BCUT2D eigenvalue weighted by atomic mass is 9.83. The van der Waals surface area contributed by atoms with Crippen LogP contribution in [-0.2, 0) is 4.79 Å². The van der Waals surface area contributed by atoms with Crippen molar-refractivity contribution in [1.82, 2.24) is 5.32 Å². The Labute approximate surface area is 107 Å². The molecule has 1 fully saturated rings. The van der Waals surface area contributed by atoms with Crippen LogP contribution in [0.4, 0.5) is 0 Å². The van der Waals surface area contributed by atoms with Crippen LogP contribution in [0.1, 0.15) is 59.3 Å². The van der Waals surface area contributed by atoms with Crippen LogP contribution in [0.15, 0.2) is 0 Å². The summed E-state index contributed by atoms with van der Waals surface area (Å²) in [6.45, 7) is 8.90. The van der Waals surface area contributed by atoms with Crippen molar-refractivity contribution in [2.24, 2.45) is 17.8 Å². The van der Waals surface area contributed by atoms with E-state index in [1.165, 1.54) is 12.8 Å². The molecule has 2 atom stereocenters. The molecule has 100 valence electrons. The van der Waals surface area contributed by atoms with Crippen molar-refractivity contribution in [2.75, 3.05) is 13.1 Å². The van der Waals surface area contributed by atoms with Gasteiger partial charge in [0.25, 0.3) is 0 Å². The molecule has 0 saturated carbocycles. The van der Waals surface area contributed by atoms with Crippen molar-refractivity contribution in [2.45, 2.75) is 59.3 Å². The first-order valence-electron chi connectivity index (χ1n) is 7.39. The number of hydrogen-bond donors (Lipinski definition) is 1. The smallest absolute Gasteiger partial charge is 0.133 e. The van der Waals surface area contributed by atoms with Gasteiger partial charge in [0.05, 0.1) is 0 Å². The number of nitrogens with one attached hydrogen (secondary N) is 1. The number of ketones is 1. The molecule has 0 aromatic carbocycles. The summed E-state index contributed by atoms with van der Waals surface area (Å²) in [7, 11) is 0. The highest BCUT2D eigenvalue weighted by Gasteiger charge is 2.22. The quantitative estimate of drug-likeness (QED) is 0.737. The van der Waals surface area contributed by atoms with Crippen molar-refractivity contribution < 1.29 is 4.79 Å². The van der Waals surface area contributed by atoms with Gasteiger partial charge in [-0.25, -0.2) is 0 Å². The Kier molecular flexibility index (Phi) is 6.79. The molecule has 0 aliphatic carbocycles. The third kappa shape index (κ3) is 5.20. The summed E-state index contributed by atoms with van der Waals surface area (Å²) in [6.07, 6.45) is 6.45. The molecule has 0 spiro atoms. The summed E-state index contributed by atoms with van der Waals surface area (Å²) in [4.78, 5) is 12.0. The Morgan fingerprint density at radius 2 is 2.00 bits per heavy atom. The summed E-state index contributed by atoms with van der Waals surface area (Å²) in [6, 6.07) is 0. The largest absolute Gasteiger partial charge is 0.316 e. The zero-order valence-electron chi connectivity index (χ0n) is 11.8. The van der Waals surface area contributed by atoms with E-state index in [-0.39, 0.29) is 0 Å². The van der Waals surface area contributed by atoms with E-state index in [0.29, 0.717) is 17.6 Å². The fraction of sp³-hybridized carbons (Fsp3) is 0.933. The van der Waals surface area contributed by atoms with Gasteiger partial charge in [-0.2, -0.15) is 0 Å². The zero-order chi connectivity index (χ0) is 12.7. The fourth-order valence-corrected chi connectivity index (χ4v) is 2.87. The average Bonchev–Trinajstić information content (AvgIpc) is 2.37. The van der Waals surface area contributed by atoms with Crippen molar-refractivity contribution in [3.05, 3.63) is 0 Å². The number of hydrogen-bond acceptors (Lipinski definition) is 2. The van der Waals surface area contributed by atoms with Gasteiger partial charge in [-0.15, -0.1) is 0 Å². The van der Waals surface area contributed by atoms with E-state index in [2.05, 4.69) is 26.1 Å². The molecule has 2 unspecified atom stereocenters. The molecule has 0 bridgehead atoms. The second kappa shape index (κ2) is 7.86. The molecule has 17 heavy (non-hydrogen) atoms. The van der Waals surface area contributed by atoms with Crippen LogP contribution in [0, 0.1) is 17.8 Å². The van der Waals surface area contributed by atoms with E-state index < -0.39 is 0 Å². The Hall–Kier alpha value is -0.370. The van der Waals surface area contributed by atoms with Crippen LogP contribution in [0.2, 0.25) is 0 Å². The second-order valence-corrected chi connectivity index (χ2v) is 5.71. The van der Waals surface area contributed by atoms with Crippen LogP contribution in [0.3, 0.4) is 0 Å². The highest BCUT2D eigenvalue weighted by atomic mass is 16.1. The highest BCUT2D eigenvalue weighted by Crippen LogP contribution is 2.24. The number of piperidine rings is 1. The highest BCUT2D eigenvalue weighted by molar-refractivity contribution is 5.78. The van der Waals surface area contributed by atoms with Crippen LogP contribution in [0.25, 0.3) is 0 Å². The Morgan fingerprint density at radius 3 is 2.53 bits per heavy atom. The average molecular weight is 239 g/mol. The minimum absolute atomic E-state index is 0.483. The van der Waals surface area contributed by atoms with Gasteiger partial charge in [-0.3, -0.25) is 4.79 Å². The lowest BCUT2D eigenvalue weighted by molar-refractivity contribution is -0.121. The molecule has 1 rings (SSSR count). The summed E-state index contributed by atoms with van der Waals surface area (Å²) >= 11 is 0. The summed E-state index contributed by atoms with van der Waals surface area (Å²) in [5, 5.41) is 3.44. The number of carbonyl (C=O) groups excluding carboxylic acids is 1. The van der Waals surface area contributed by atoms with E-state index in [1.54, 1.807) is 0 Å². The minimum Gasteiger partial charge on any atom is -0.316 e. The molecule has 0 amide bonds. The van der Waals surface area contributed by atoms with Crippen LogP contribution in [0.5, 0.6) is 0 Å². The molecule has 2 nitrogen and oxygen atoms in total. The van der Waals surface area contributed by atoms with Gasteiger partial charge in [0.1, 0.15) is 5.78 Å². The maximum absolute atomic E-state index is 12.0. The summed E-state index contributed by atoms with van der Waals surface area (Å²) in [5.74, 6) is 2.37. The minimum atomic E-state index is 0.483. The van der Waals surface area contributed by atoms with Crippen molar-refractivity contribution in [3.8, 4) is 0 Å². The fourth-order valence-electron chi connectivity index (χ4n) is 2.87. The van der Waals surface area contributed by atoms with E-state index in [9.17, 15) is 4.79 Å². The van der Waals surface area contributed by atoms with E-state index in [4.69, 9.17) is 0 Å². The van der Waals surface area contributed by atoms with Crippen molar-refractivity contribution >= 4 is 5.78 Å².